The maximum absolute atomic E-state index is 12.8. The Labute approximate surface area is 148 Å². The minimum Gasteiger partial charge on any atom is -0.374 e. The van der Waals surface area contributed by atoms with Gasteiger partial charge in [0.1, 0.15) is 0 Å². The maximum Gasteiger partial charge on any atom is 0.253 e. The van der Waals surface area contributed by atoms with Crippen LogP contribution in [0.2, 0.25) is 0 Å². The van der Waals surface area contributed by atoms with E-state index in [4.69, 9.17) is 4.74 Å². The van der Waals surface area contributed by atoms with Crippen LogP contribution in [-0.4, -0.2) is 55.2 Å². The van der Waals surface area contributed by atoms with E-state index in [2.05, 4.69) is 35.2 Å². The number of aromatic nitrogens is 1. The third kappa shape index (κ3) is 3.31. The number of rotatable bonds is 3. The average Bonchev–Trinajstić information content (AvgIpc) is 2.97. The van der Waals surface area contributed by atoms with Crippen LogP contribution in [0.5, 0.6) is 0 Å². The van der Waals surface area contributed by atoms with E-state index in [9.17, 15) is 4.79 Å². The largest absolute Gasteiger partial charge is 0.374 e. The van der Waals surface area contributed by atoms with Crippen molar-refractivity contribution in [3.63, 3.8) is 0 Å². The first-order chi connectivity index (χ1) is 12.1. The molecule has 0 saturated carbocycles. The van der Waals surface area contributed by atoms with Gasteiger partial charge in [0.2, 0.25) is 0 Å². The molecule has 1 saturated heterocycles. The Morgan fingerprint density at radius 2 is 2.32 bits per heavy atom. The minimum absolute atomic E-state index is 0.0194. The number of carbonyl (C=O) groups excluding carboxylic acids is 1. The summed E-state index contributed by atoms with van der Waals surface area (Å²) in [6, 6.07) is 6.05. The van der Waals surface area contributed by atoms with Gasteiger partial charge in [-0.15, -0.1) is 0 Å². The highest BCUT2D eigenvalue weighted by molar-refractivity contribution is 6.06. The molecule has 134 valence electrons. The first-order valence-electron chi connectivity index (χ1n) is 9.32. The van der Waals surface area contributed by atoms with Gasteiger partial charge in [0, 0.05) is 30.7 Å². The first kappa shape index (κ1) is 16.6. The molecule has 4 rings (SSSR count). The monoisotopic (exact) mass is 341 g/mol. The van der Waals surface area contributed by atoms with Gasteiger partial charge in [0.05, 0.1) is 23.8 Å². The molecule has 0 radical (unpaired) electrons. The van der Waals surface area contributed by atoms with Crippen molar-refractivity contribution in [1.29, 1.82) is 0 Å². The number of ether oxygens (including phenoxy) is 1. The van der Waals surface area contributed by atoms with Gasteiger partial charge in [-0.05, 0) is 43.9 Å². The molecule has 1 aromatic carbocycles. The predicted octanol–water partition coefficient (Wildman–Crippen LogP) is 2.35. The highest BCUT2D eigenvalue weighted by Crippen LogP contribution is 2.32. The molecule has 5 heteroatoms. The van der Waals surface area contributed by atoms with Crippen molar-refractivity contribution in [1.82, 2.24) is 15.2 Å². The average molecular weight is 341 g/mol. The van der Waals surface area contributed by atoms with Crippen LogP contribution in [0.25, 0.3) is 10.9 Å². The van der Waals surface area contributed by atoms with E-state index in [-0.39, 0.29) is 12.0 Å². The molecule has 2 heterocycles. The third-order valence-electron chi connectivity index (χ3n) is 5.55. The molecule has 1 fully saturated rings. The fourth-order valence-electron chi connectivity index (χ4n) is 4.10. The fourth-order valence-corrected chi connectivity index (χ4v) is 4.10. The number of amides is 1. The summed E-state index contributed by atoms with van der Waals surface area (Å²) in [5.74, 6) is 0.693. The molecular formula is C20H27N3O2. The standard InChI is InChI=1S/C20H27N3O2/c1-13-6-7-18-17(10-13)15-4-3-5-16(19(15)22-18)20(24)21-11-14-12-23(2)8-9-25-14/h3-5,13-14,22H,6-12H2,1-2H3,(H,21,24)/t13-,14+/m1/s1. The van der Waals surface area contributed by atoms with Crippen LogP contribution in [0.15, 0.2) is 18.2 Å². The van der Waals surface area contributed by atoms with Crippen molar-refractivity contribution in [3.8, 4) is 0 Å². The molecule has 1 amide bonds. The Morgan fingerprint density at radius 1 is 1.44 bits per heavy atom. The maximum atomic E-state index is 12.8. The van der Waals surface area contributed by atoms with Gasteiger partial charge in [-0.3, -0.25) is 4.79 Å². The Hall–Kier alpha value is -1.85. The lowest BCUT2D eigenvalue weighted by atomic mass is 9.87. The van der Waals surface area contributed by atoms with Gasteiger partial charge in [0.15, 0.2) is 0 Å². The highest BCUT2D eigenvalue weighted by atomic mass is 16.5. The number of nitrogens with zero attached hydrogens (tertiary/aromatic N) is 1. The minimum atomic E-state index is -0.0194. The Bertz CT molecular complexity index is 783. The molecule has 1 aromatic heterocycles. The van der Waals surface area contributed by atoms with Gasteiger partial charge in [0.25, 0.3) is 5.91 Å². The van der Waals surface area contributed by atoms with Crippen molar-refractivity contribution in [2.24, 2.45) is 5.92 Å². The van der Waals surface area contributed by atoms with Crippen LogP contribution in [0.4, 0.5) is 0 Å². The van der Waals surface area contributed by atoms with Gasteiger partial charge < -0.3 is 19.9 Å². The van der Waals surface area contributed by atoms with Crippen molar-refractivity contribution < 1.29 is 9.53 Å². The number of morpholine rings is 1. The molecular weight excluding hydrogens is 314 g/mol. The predicted molar refractivity (Wildman–Crippen MR) is 99.1 cm³/mol. The van der Waals surface area contributed by atoms with Crippen molar-refractivity contribution >= 4 is 16.8 Å². The van der Waals surface area contributed by atoms with Gasteiger partial charge in [-0.2, -0.15) is 0 Å². The molecule has 5 nitrogen and oxygen atoms in total. The van der Waals surface area contributed by atoms with Crippen molar-refractivity contribution in [3.05, 3.63) is 35.0 Å². The quantitative estimate of drug-likeness (QED) is 0.901. The van der Waals surface area contributed by atoms with E-state index in [0.29, 0.717) is 12.5 Å². The third-order valence-corrected chi connectivity index (χ3v) is 5.55. The fraction of sp³-hybridized carbons (Fsp3) is 0.550. The lowest BCUT2D eigenvalue weighted by molar-refractivity contribution is -0.0174. The summed E-state index contributed by atoms with van der Waals surface area (Å²) in [5.41, 5.74) is 4.44. The first-order valence-corrected chi connectivity index (χ1v) is 9.32. The molecule has 2 N–H and O–H groups in total. The lowest BCUT2D eigenvalue weighted by Gasteiger charge is -2.30. The number of hydrogen-bond acceptors (Lipinski definition) is 3. The molecule has 2 aliphatic rings. The number of nitrogens with one attached hydrogen (secondary N) is 2. The van der Waals surface area contributed by atoms with E-state index in [1.54, 1.807) is 0 Å². The van der Waals surface area contributed by atoms with Crippen molar-refractivity contribution in [2.75, 3.05) is 33.3 Å². The Morgan fingerprint density at radius 3 is 3.16 bits per heavy atom. The number of para-hydroxylation sites is 1. The second kappa shape index (κ2) is 6.81. The number of benzene rings is 1. The number of H-pyrrole nitrogens is 1. The SMILES string of the molecule is C[C@@H]1CCc2[nH]c3c(C(=O)NC[C@H]4CN(C)CCO4)cccc3c2C1. The van der Waals surface area contributed by atoms with Gasteiger partial charge >= 0.3 is 0 Å². The van der Waals surface area contributed by atoms with Crippen LogP contribution in [0, 0.1) is 5.92 Å². The zero-order valence-electron chi connectivity index (χ0n) is 15.1. The summed E-state index contributed by atoms with van der Waals surface area (Å²) in [7, 11) is 2.09. The van der Waals surface area contributed by atoms with Gasteiger partial charge in [-0.1, -0.05) is 19.1 Å². The molecule has 0 bridgehead atoms. The zero-order valence-corrected chi connectivity index (χ0v) is 15.1. The Balaban J connectivity index is 1.53. The Kier molecular flexibility index (Phi) is 4.52. The van der Waals surface area contributed by atoms with Crippen LogP contribution < -0.4 is 5.32 Å². The van der Waals surface area contributed by atoms with E-state index < -0.39 is 0 Å². The summed E-state index contributed by atoms with van der Waals surface area (Å²) in [6.45, 7) is 5.40. The van der Waals surface area contributed by atoms with Gasteiger partial charge in [-0.25, -0.2) is 0 Å². The number of likely N-dealkylation sites (N-methyl/N-ethyl adjacent to an activating group) is 1. The summed E-state index contributed by atoms with van der Waals surface area (Å²) >= 11 is 0. The number of fused-ring (bicyclic) bond motifs is 3. The molecule has 0 spiro atoms. The van der Waals surface area contributed by atoms with Crippen molar-refractivity contribution in [2.45, 2.75) is 32.3 Å². The smallest absolute Gasteiger partial charge is 0.253 e. The van der Waals surface area contributed by atoms with Crippen LogP contribution in [-0.2, 0) is 17.6 Å². The molecule has 0 unspecified atom stereocenters. The highest BCUT2D eigenvalue weighted by Gasteiger charge is 2.23. The second-order valence-electron chi connectivity index (χ2n) is 7.62. The number of carbonyl (C=O) groups is 1. The summed E-state index contributed by atoms with van der Waals surface area (Å²) in [6.07, 6.45) is 3.46. The summed E-state index contributed by atoms with van der Waals surface area (Å²) < 4.78 is 5.74. The zero-order chi connectivity index (χ0) is 17.4. The van der Waals surface area contributed by atoms with Crippen LogP contribution in [0.3, 0.4) is 0 Å². The molecule has 2 aromatic rings. The van der Waals surface area contributed by atoms with Crippen LogP contribution >= 0.6 is 0 Å². The topological polar surface area (TPSA) is 57.4 Å². The normalized spacial score (nSPS) is 24.2. The molecule has 25 heavy (non-hydrogen) atoms. The number of aromatic amines is 1. The summed E-state index contributed by atoms with van der Waals surface area (Å²) in [5, 5.41) is 4.27. The number of hydrogen-bond donors (Lipinski definition) is 2. The van der Waals surface area contributed by atoms with E-state index in [0.717, 1.165) is 43.6 Å². The van der Waals surface area contributed by atoms with E-state index in [1.807, 2.05) is 12.1 Å². The van der Waals surface area contributed by atoms with E-state index >= 15 is 0 Å². The number of aryl methyl sites for hydroxylation is 1. The second-order valence-corrected chi connectivity index (χ2v) is 7.62. The molecule has 1 aliphatic carbocycles. The summed E-state index contributed by atoms with van der Waals surface area (Å²) in [4.78, 5) is 18.5. The molecule has 1 aliphatic heterocycles. The van der Waals surface area contributed by atoms with E-state index in [1.165, 1.54) is 23.1 Å². The molecule has 2 atom stereocenters. The van der Waals surface area contributed by atoms with Crippen LogP contribution in [0.1, 0.15) is 35.0 Å². The lowest BCUT2D eigenvalue weighted by Crippen LogP contribution is -2.45.